The summed E-state index contributed by atoms with van der Waals surface area (Å²) in [6.07, 6.45) is 1.31. The number of urea groups is 1. The van der Waals surface area contributed by atoms with Gasteiger partial charge in [0.2, 0.25) is 0 Å². The van der Waals surface area contributed by atoms with Crippen LogP contribution in [-0.4, -0.2) is 29.8 Å². The monoisotopic (exact) mass is 289 g/mol. The van der Waals surface area contributed by atoms with Gasteiger partial charge in [-0.05, 0) is 38.0 Å². The first-order valence-electron chi connectivity index (χ1n) is 7.52. The van der Waals surface area contributed by atoms with Crippen LogP contribution in [-0.2, 0) is 4.74 Å². The molecule has 5 heteroatoms. The largest absolute Gasteiger partial charge is 0.377 e. The second-order valence-corrected chi connectivity index (χ2v) is 6.81. The van der Waals surface area contributed by atoms with Crippen LogP contribution >= 0.6 is 0 Å². The molecular weight excluding hydrogens is 266 g/mol. The Hall–Kier alpha value is -1.62. The number of anilines is 1. The van der Waals surface area contributed by atoms with E-state index in [4.69, 9.17) is 4.74 Å². The van der Waals surface area contributed by atoms with Gasteiger partial charge in [0.25, 0.3) is 0 Å². The third-order valence-corrected chi connectivity index (χ3v) is 4.73. The van der Waals surface area contributed by atoms with Gasteiger partial charge in [-0.1, -0.05) is 13.8 Å². The lowest BCUT2D eigenvalue weighted by Crippen LogP contribution is -2.67. The Labute approximate surface area is 125 Å². The molecule has 1 aliphatic heterocycles. The van der Waals surface area contributed by atoms with Crippen molar-refractivity contribution in [2.45, 2.75) is 46.3 Å². The summed E-state index contributed by atoms with van der Waals surface area (Å²) in [6.45, 7) is 9.02. The minimum absolute atomic E-state index is 0.00550. The molecule has 1 aromatic rings. The summed E-state index contributed by atoms with van der Waals surface area (Å²) in [4.78, 5) is 16.5. The van der Waals surface area contributed by atoms with Crippen molar-refractivity contribution < 1.29 is 9.53 Å². The maximum absolute atomic E-state index is 12.2. The van der Waals surface area contributed by atoms with Crippen molar-refractivity contribution in [3.63, 3.8) is 0 Å². The van der Waals surface area contributed by atoms with Gasteiger partial charge < -0.3 is 10.1 Å². The molecule has 3 rings (SSSR count). The summed E-state index contributed by atoms with van der Waals surface area (Å²) in [5.74, 6) is 1.04. The van der Waals surface area contributed by atoms with Crippen LogP contribution in [0.25, 0.3) is 0 Å². The Morgan fingerprint density at radius 2 is 2.14 bits per heavy atom. The van der Waals surface area contributed by atoms with Crippen LogP contribution in [0.4, 0.5) is 10.6 Å². The SMILES string of the molecule is Cc1cc(C)nc(NC(=O)N[C@@H]2[C@@H]3CCO[C@H]3C2(C)C)c1. The van der Waals surface area contributed by atoms with E-state index in [2.05, 4.69) is 29.5 Å². The first kappa shape index (κ1) is 14.3. The van der Waals surface area contributed by atoms with Gasteiger partial charge in [-0.2, -0.15) is 0 Å². The number of hydrogen-bond donors (Lipinski definition) is 2. The number of amides is 2. The van der Waals surface area contributed by atoms with Crippen molar-refractivity contribution in [3.05, 3.63) is 23.4 Å². The zero-order valence-electron chi connectivity index (χ0n) is 13.1. The minimum atomic E-state index is -0.184. The van der Waals surface area contributed by atoms with E-state index in [1.807, 2.05) is 26.0 Å². The highest BCUT2D eigenvalue weighted by molar-refractivity contribution is 5.88. The van der Waals surface area contributed by atoms with E-state index in [1.165, 1.54) is 0 Å². The maximum Gasteiger partial charge on any atom is 0.320 e. The quantitative estimate of drug-likeness (QED) is 0.879. The lowest BCUT2D eigenvalue weighted by atomic mass is 9.57. The van der Waals surface area contributed by atoms with Gasteiger partial charge in [0.1, 0.15) is 5.82 Å². The molecule has 0 aromatic carbocycles. The fourth-order valence-electron chi connectivity index (χ4n) is 3.82. The van der Waals surface area contributed by atoms with Crippen LogP contribution in [0, 0.1) is 25.2 Å². The number of hydrogen-bond acceptors (Lipinski definition) is 3. The summed E-state index contributed by atoms with van der Waals surface area (Å²) in [5, 5.41) is 5.93. The van der Waals surface area contributed by atoms with Crippen molar-refractivity contribution in [2.24, 2.45) is 11.3 Å². The van der Waals surface area contributed by atoms with Crippen LogP contribution in [0.2, 0.25) is 0 Å². The molecule has 0 radical (unpaired) electrons. The molecule has 114 valence electrons. The highest BCUT2D eigenvalue weighted by Gasteiger charge is 2.59. The standard InChI is InChI=1S/C16H23N3O2/c1-9-7-10(2)17-12(8-9)18-15(20)19-13-11-5-6-21-14(11)16(13,3)4/h7-8,11,13-14H,5-6H2,1-4H3,(H2,17,18,19,20)/t11-,13+,14+/m0/s1. The topological polar surface area (TPSA) is 63.2 Å². The summed E-state index contributed by atoms with van der Waals surface area (Å²) in [5.41, 5.74) is 1.98. The fraction of sp³-hybridized carbons (Fsp3) is 0.625. The number of nitrogens with zero attached hydrogens (tertiary/aromatic N) is 1. The Morgan fingerprint density at radius 1 is 1.38 bits per heavy atom. The Kier molecular flexibility index (Phi) is 3.40. The molecule has 21 heavy (non-hydrogen) atoms. The average molecular weight is 289 g/mol. The molecule has 5 nitrogen and oxygen atoms in total. The first-order chi connectivity index (χ1) is 9.88. The van der Waals surface area contributed by atoms with Crippen molar-refractivity contribution >= 4 is 11.8 Å². The van der Waals surface area contributed by atoms with Crippen LogP contribution in [0.1, 0.15) is 31.5 Å². The van der Waals surface area contributed by atoms with E-state index in [0.717, 1.165) is 24.3 Å². The van der Waals surface area contributed by atoms with Crippen molar-refractivity contribution in [1.29, 1.82) is 0 Å². The molecule has 3 atom stereocenters. The molecule has 2 N–H and O–H groups in total. The average Bonchev–Trinajstić information content (AvgIpc) is 2.81. The number of aromatic nitrogens is 1. The predicted octanol–water partition coefficient (Wildman–Crippen LogP) is 2.63. The number of aryl methyl sites for hydroxylation is 2. The van der Waals surface area contributed by atoms with Crippen molar-refractivity contribution in [1.82, 2.24) is 10.3 Å². The van der Waals surface area contributed by atoms with Crippen LogP contribution in [0.5, 0.6) is 0 Å². The summed E-state index contributed by atoms with van der Waals surface area (Å²) in [7, 11) is 0. The number of carbonyl (C=O) groups excluding carboxylic acids is 1. The number of nitrogens with one attached hydrogen (secondary N) is 2. The van der Waals surface area contributed by atoms with Gasteiger partial charge in [-0.25, -0.2) is 9.78 Å². The van der Waals surface area contributed by atoms with Gasteiger partial charge in [-0.3, -0.25) is 5.32 Å². The van der Waals surface area contributed by atoms with E-state index in [9.17, 15) is 4.79 Å². The Balaban J connectivity index is 1.64. The molecule has 2 aliphatic rings. The third kappa shape index (κ3) is 2.50. The summed E-state index contributed by atoms with van der Waals surface area (Å²) >= 11 is 0. The van der Waals surface area contributed by atoms with Gasteiger partial charge in [0, 0.05) is 29.7 Å². The van der Waals surface area contributed by atoms with Gasteiger partial charge in [0.15, 0.2) is 0 Å². The van der Waals surface area contributed by atoms with E-state index in [1.54, 1.807) is 0 Å². The fourth-order valence-corrected chi connectivity index (χ4v) is 3.82. The van der Waals surface area contributed by atoms with E-state index in [-0.39, 0.29) is 23.6 Å². The second kappa shape index (κ2) is 4.98. The highest BCUT2D eigenvalue weighted by atomic mass is 16.5. The Morgan fingerprint density at radius 3 is 2.86 bits per heavy atom. The molecule has 1 saturated carbocycles. The molecule has 1 aliphatic carbocycles. The molecular formula is C16H23N3O2. The van der Waals surface area contributed by atoms with E-state index in [0.29, 0.717) is 11.7 Å². The molecule has 0 spiro atoms. The second-order valence-electron chi connectivity index (χ2n) is 6.81. The Bertz CT molecular complexity index is 550. The third-order valence-electron chi connectivity index (χ3n) is 4.73. The number of fused-ring (bicyclic) bond motifs is 1. The lowest BCUT2D eigenvalue weighted by molar-refractivity contribution is -0.107. The van der Waals surface area contributed by atoms with E-state index >= 15 is 0 Å². The van der Waals surface area contributed by atoms with Crippen molar-refractivity contribution in [2.75, 3.05) is 11.9 Å². The van der Waals surface area contributed by atoms with Crippen molar-refractivity contribution in [3.8, 4) is 0 Å². The molecule has 2 fully saturated rings. The molecule has 1 aromatic heterocycles. The van der Waals surface area contributed by atoms with Gasteiger partial charge in [0.05, 0.1) is 6.10 Å². The van der Waals surface area contributed by atoms with Crippen LogP contribution in [0.3, 0.4) is 0 Å². The van der Waals surface area contributed by atoms with Gasteiger partial charge >= 0.3 is 6.03 Å². The smallest absolute Gasteiger partial charge is 0.320 e. The molecule has 2 heterocycles. The zero-order chi connectivity index (χ0) is 15.2. The minimum Gasteiger partial charge on any atom is -0.377 e. The summed E-state index contributed by atoms with van der Waals surface area (Å²) < 4.78 is 5.74. The normalized spacial score (nSPS) is 29.4. The maximum atomic E-state index is 12.2. The van der Waals surface area contributed by atoms with Crippen LogP contribution in [0.15, 0.2) is 12.1 Å². The number of carbonyl (C=O) groups is 1. The molecule has 0 bridgehead atoms. The first-order valence-corrected chi connectivity index (χ1v) is 7.52. The summed E-state index contributed by atoms with van der Waals surface area (Å²) in [6, 6.07) is 3.84. The zero-order valence-corrected chi connectivity index (χ0v) is 13.1. The lowest BCUT2D eigenvalue weighted by Gasteiger charge is -2.54. The molecule has 1 saturated heterocycles. The predicted molar refractivity (Wildman–Crippen MR) is 81.3 cm³/mol. The number of ether oxygens (including phenoxy) is 1. The van der Waals surface area contributed by atoms with Gasteiger partial charge in [-0.15, -0.1) is 0 Å². The number of rotatable bonds is 2. The highest BCUT2D eigenvalue weighted by Crippen LogP contribution is 2.52. The van der Waals surface area contributed by atoms with Crippen LogP contribution < -0.4 is 10.6 Å². The number of pyridine rings is 1. The molecule has 2 amide bonds. The van der Waals surface area contributed by atoms with E-state index < -0.39 is 0 Å². The molecule has 0 unspecified atom stereocenters.